The zero-order chi connectivity index (χ0) is 15.6. The lowest BCUT2D eigenvalue weighted by molar-refractivity contribution is -0.150. The highest BCUT2D eigenvalue weighted by Gasteiger charge is 2.39. The molecule has 1 unspecified atom stereocenters. The summed E-state index contributed by atoms with van der Waals surface area (Å²) >= 11 is 0. The van der Waals surface area contributed by atoms with Crippen LogP contribution in [0.1, 0.15) is 45.1 Å². The Hall–Kier alpha value is -1.65. The number of aryl methyl sites for hydroxylation is 2. The fourth-order valence-corrected chi connectivity index (χ4v) is 2.90. The molecule has 1 atom stereocenters. The van der Waals surface area contributed by atoms with E-state index >= 15 is 0 Å². The molecule has 5 heteroatoms. The number of hydrogen-bond acceptors (Lipinski definition) is 4. The molecule has 1 aliphatic heterocycles. The van der Waals surface area contributed by atoms with Crippen molar-refractivity contribution in [3.63, 3.8) is 0 Å². The Labute approximate surface area is 126 Å². The van der Waals surface area contributed by atoms with E-state index in [1.165, 1.54) is 0 Å². The topological polar surface area (TPSA) is 66.3 Å². The summed E-state index contributed by atoms with van der Waals surface area (Å²) in [6.45, 7) is 9.33. The van der Waals surface area contributed by atoms with Crippen molar-refractivity contribution in [2.45, 2.75) is 47.0 Å². The molecule has 5 nitrogen and oxygen atoms in total. The van der Waals surface area contributed by atoms with E-state index in [-0.39, 0.29) is 5.92 Å². The average molecular weight is 291 g/mol. The molecular weight excluding hydrogens is 266 g/mol. The number of carboxylic acid groups (broad SMARTS) is 1. The normalized spacial score (nSPS) is 19.6. The van der Waals surface area contributed by atoms with E-state index < -0.39 is 11.4 Å². The van der Waals surface area contributed by atoms with Crippen molar-refractivity contribution >= 4 is 11.8 Å². The maximum Gasteiger partial charge on any atom is 0.309 e. The molecule has 1 aliphatic rings. The van der Waals surface area contributed by atoms with Crippen LogP contribution in [0, 0.1) is 18.3 Å². The van der Waals surface area contributed by atoms with E-state index in [2.05, 4.69) is 21.8 Å². The second kappa shape index (κ2) is 6.00. The van der Waals surface area contributed by atoms with Crippen LogP contribution < -0.4 is 4.90 Å². The van der Waals surface area contributed by atoms with Crippen LogP contribution in [0.15, 0.2) is 6.07 Å². The Bertz CT molecular complexity index is 528. The van der Waals surface area contributed by atoms with Crippen molar-refractivity contribution in [2.75, 3.05) is 18.0 Å². The van der Waals surface area contributed by atoms with E-state index in [4.69, 9.17) is 0 Å². The van der Waals surface area contributed by atoms with Crippen LogP contribution >= 0.6 is 0 Å². The second-order valence-electron chi connectivity index (χ2n) is 6.43. The minimum atomic E-state index is -0.720. The van der Waals surface area contributed by atoms with Crippen LogP contribution in [0.25, 0.3) is 0 Å². The van der Waals surface area contributed by atoms with Gasteiger partial charge >= 0.3 is 5.97 Å². The van der Waals surface area contributed by atoms with Gasteiger partial charge in [0.1, 0.15) is 11.6 Å². The monoisotopic (exact) mass is 291 g/mol. The fraction of sp³-hybridized carbons (Fsp3) is 0.688. The van der Waals surface area contributed by atoms with Crippen LogP contribution in [0.2, 0.25) is 0 Å². The molecule has 1 saturated heterocycles. The molecule has 116 valence electrons. The maximum atomic E-state index is 11.5. The molecule has 1 aromatic heterocycles. The number of aromatic nitrogens is 2. The van der Waals surface area contributed by atoms with Crippen molar-refractivity contribution in [3.8, 4) is 0 Å². The Kier molecular flexibility index (Phi) is 4.49. The lowest BCUT2D eigenvalue weighted by Gasteiger charge is -2.39. The van der Waals surface area contributed by atoms with Crippen LogP contribution in [0.3, 0.4) is 0 Å². The van der Waals surface area contributed by atoms with E-state index in [0.29, 0.717) is 0 Å². The summed E-state index contributed by atoms with van der Waals surface area (Å²) in [6.07, 6.45) is 2.85. The van der Waals surface area contributed by atoms with E-state index in [1.54, 1.807) is 0 Å². The SMILES string of the molecule is CCc1cc(N2CCCC(C(C)(C)C(=O)O)C2)nc(C)n1. The molecule has 0 amide bonds. The van der Waals surface area contributed by atoms with Gasteiger partial charge in [-0.1, -0.05) is 6.92 Å². The first-order valence-corrected chi connectivity index (χ1v) is 7.67. The number of aliphatic carboxylic acids is 1. The summed E-state index contributed by atoms with van der Waals surface area (Å²) in [6, 6.07) is 2.03. The first-order chi connectivity index (χ1) is 9.84. The van der Waals surface area contributed by atoms with E-state index in [1.807, 2.05) is 26.8 Å². The van der Waals surface area contributed by atoms with Crippen molar-refractivity contribution < 1.29 is 9.90 Å². The van der Waals surface area contributed by atoms with Gasteiger partial charge in [0, 0.05) is 24.8 Å². The van der Waals surface area contributed by atoms with Crippen molar-refractivity contribution in [1.29, 1.82) is 0 Å². The largest absolute Gasteiger partial charge is 0.481 e. The number of carbonyl (C=O) groups is 1. The molecule has 21 heavy (non-hydrogen) atoms. The minimum absolute atomic E-state index is 0.143. The second-order valence-corrected chi connectivity index (χ2v) is 6.43. The third-order valence-electron chi connectivity index (χ3n) is 4.56. The molecule has 0 bridgehead atoms. The molecule has 2 heterocycles. The number of hydrogen-bond donors (Lipinski definition) is 1. The quantitative estimate of drug-likeness (QED) is 0.924. The van der Waals surface area contributed by atoms with Gasteiger partial charge in [-0.15, -0.1) is 0 Å². The van der Waals surface area contributed by atoms with Gasteiger partial charge in [-0.3, -0.25) is 4.79 Å². The standard InChI is InChI=1S/C16H25N3O2/c1-5-13-9-14(18-11(2)17-13)19-8-6-7-12(10-19)16(3,4)15(20)21/h9,12H,5-8,10H2,1-4H3,(H,20,21). The van der Waals surface area contributed by atoms with Gasteiger partial charge < -0.3 is 10.0 Å². The van der Waals surface area contributed by atoms with Crippen LogP contribution in [0.5, 0.6) is 0 Å². The molecule has 0 radical (unpaired) electrons. The molecule has 0 saturated carbocycles. The molecule has 0 aliphatic carbocycles. The highest BCUT2D eigenvalue weighted by molar-refractivity contribution is 5.74. The predicted molar refractivity (Wildman–Crippen MR) is 82.5 cm³/mol. The van der Waals surface area contributed by atoms with Gasteiger partial charge in [-0.25, -0.2) is 9.97 Å². The van der Waals surface area contributed by atoms with E-state index in [0.717, 1.165) is 49.7 Å². The van der Waals surface area contributed by atoms with Crippen molar-refractivity contribution in [1.82, 2.24) is 9.97 Å². The predicted octanol–water partition coefficient (Wildman–Crippen LogP) is 2.67. The summed E-state index contributed by atoms with van der Waals surface area (Å²) in [4.78, 5) is 22.6. The Morgan fingerprint density at radius 3 is 2.81 bits per heavy atom. The zero-order valence-corrected chi connectivity index (χ0v) is 13.4. The Morgan fingerprint density at radius 1 is 1.48 bits per heavy atom. The summed E-state index contributed by atoms with van der Waals surface area (Å²) < 4.78 is 0. The fourth-order valence-electron chi connectivity index (χ4n) is 2.90. The van der Waals surface area contributed by atoms with Crippen LogP contribution in [-0.2, 0) is 11.2 Å². The molecule has 1 N–H and O–H groups in total. The van der Waals surface area contributed by atoms with Crippen molar-refractivity contribution in [2.24, 2.45) is 11.3 Å². The first-order valence-electron chi connectivity index (χ1n) is 7.67. The van der Waals surface area contributed by atoms with Gasteiger partial charge in [0.05, 0.1) is 5.41 Å². The molecule has 0 aromatic carbocycles. The minimum Gasteiger partial charge on any atom is -0.481 e. The van der Waals surface area contributed by atoms with Crippen LogP contribution in [-0.4, -0.2) is 34.1 Å². The van der Waals surface area contributed by atoms with Gasteiger partial charge in [0.2, 0.25) is 0 Å². The summed E-state index contributed by atoms with van der Waals surface area (Å²) in [7, 11) is 0. The number of carboxylic acids is 1. The van der Waals surface area contributed by atoms with Gasteiger partial charge in [-0.2, -0.15) is 0 Å². The molecule has 2 rings (SSSR count). The Morgan fingerprint density at radius 2 is 2.19 bits per heavy atom. The van der Waals surface area contributed by atoms with E-state index in [9.17, 15) is 9.90 Å². The summed E-state index contributed by atoms with van der Waals surface area (Å²) in [5, 5.41) is 9.43. The first kappa shape index (κ1) is 15.7. The molecule has 1 fully saturated rings. The third kappa shape index (κ3) is 3.34. The van der Waals surface area contributed by atoms with Crippen molar-refractivity contribution in [3.05, 3.63) is 17.6 Å². The van der Waals surface area contributed by atoms with Crippen LogP contribution in [0.4, 0.5) is 5.82 Å². The third-order valence-corrected chi connectivity index (χ3v) is 4.56. The number of anilines is 1. The highest BCUT2D eigenvalue weighted by Crippen LogP contribution is 2.35. The van der Waals surface area contributed by atoms with Gasteiger partial charge in [0.25, 0.3) is 0 Å². The summed E-state index contributed by atoms with van der Waals surface area (Å²) in [5.41, 5.74) is 0.339. The number of nitrogens with zero attached hydrogens (tertiary/aromatic N) is 3. The lowest BCUT2D eigenvalue weighted by Crippen LogP contribution is -2.45. The number of rotatable bonds is 4. The Balaban J connectivity index is 2.22. The zero-order valence-electron chi connectivity index (χ0n) is 13.4. The lowest BCUT2D eigenvalue weighted by atomic mass is 9.74. The average Bonchev–Trinajstić information content (AvgIpc) is 2.46. The smallest absolute Gasteiger partial charge is 0.309 e. The molecule has 1 aromatic rings. The van der Waals surface area contributed by atoms with Gasteiger partial charge in [0.15, 0.2) is 0 Å². The van der Waals surface area contributed by atoms with Gasteiger partial charge in [-0.05, 0) is 46.0 Å². The molecular formula is C16H25N3O2. The highest BCUT2D eigenvalue weighted by atomic mass is 16.4. The maximum absolute atomic E-state index is 11.5. The molecule has 0 spiro atoms. The number of piperidine rings is 1. The summed E-state index contributed by atoms with van der Waals surface area (Å²) in [5.74, 6) is 1.14.